The molecule has 0 radical (unpaired) electrons. The number of ether oxygens (including phenoxy) is 1. The number of esters is 1. The molecule has 1 aromatic heterocycles. The number of carbonyl (C=O) groups excluding carboxylic acids is 2. The van der Waals surface area contributed by atoms with Gasteiger partial charge in [-0.3, -0.25) is 9.59 Å². The van der Waals surface area contributed by atoms with Crippen molar-refractivity contribution in [3.63, 3.8) is 0 Å². The first kappa shape index (κ1) is 20.6. The van der Waals surface area contributed by atoms with Crippen LogP contribution in [0.25, 0.3) is 0 Å². The normalized spacial score (nSPS) is 10.4. The van der Waals surface area contributed by atoms with E-state index in [1.165, 1.54) is 30.9 Å². The number of rotatable bonds is 6. The van der Waals surface area contributed by atoms with Gasteiger partial charge in [0.25, 0.3) is 11.5 Å². The first-order valence-corrected chi connectivity index (χ1v) is 9.65. The molecule has 0 unspecified atom stereocenters. The van der Waals surface area contributed by atoms with E-state index in [0.29, 0.717) is 10.7 Å². The highest BCUT2D eigenvalue weighted by molar-refractivity contribution is 7.99. The SMILES string of the molecule is Cn1nc(C(=O)OCC(=O)Nc2ccccc2Sc2ccc(Cl)cc2)ccc1=O. The van der Waals surface area contributed by atoms with Gasteiger partial charge in [-0.15, -0.1) is 0 Å². The van der Waals surface area contributed by atoms with Crippen LogP contribution >= 0.6 is 23.4 Å². The number of para-hydroxylation sites is 1. The number of hydrogen-bond donors (Lipinski definition) is 1. The fourth-order valence-corrected chi connectivity index (χ4v) is 3.32. The molecule has 0 fully saturated rings. The third kappa shape index (κ3) is 5.69. The number of carbonyl (C=O) groups is 2. The highest BCUT2D eigenvalue weighted by Gasteiger charge is 2.14. The molecule has 0 aliphatic rings. The molecule has 0 bridgehead atoms. The molecule has 9 heteroatoms. The van der Waals surface area contributed by atoms with Crippen LogP contribution in [0.3, 0.4) is 0 Å². The third-order valence-electron chi connectivity index (χ3n) is 3.71. The van der Waals surface area contributed by atoms with Gasteiger partial charge in [0.05, 0.1) is 5.69 Å². The average molecular weight is 430 g/mol. The van der Waals surface area contributed by atoms with Gasteiger partial charge < -0.3 is 10.1 Å². The molecule has 29 heavy (non-hydrogen) atoms. The summed E-state index contributed by atoms with van der Waals surface area (Å²) in [4.78, 5) is 37.3. The summed E-state index contributed by atoms with van der Waals surface area (Å²) in [6, 6.07) is 17.1. The van der Waals surface area contributed by atoms with Gasteiger partial charge in [-0.2, -0.15) is 5.10 Å². The third-order valence-corrected chi connectivity index (χ3v) is 5.04. The molecule has 2 aromatic carbocycles. The zero-order chi connectivity index (χ0) is 20.8. The summed E-state index contributed by atoms with van der Waals surface area (Å²) in [7, 11) is 1.42. The Balaban J connectivity index is 1.61. The van der Waals surface area contributed by atoms with Crippen LogP contribution in [0.15, 0.2) is 75.2 Å². The number of aryl methyl sites for hydroxylation is 1. The van der Waals surface area contributed by atoms with Crippen LogP contribution in [-0.4, -0.2) is 28.3 Å². The number of nitrogens with one attached hydrogen (secondary N) is 1. The van der Waals surface area contributed by atoms with E-state index in [4.69, 9.17) is 16.3 Å². The number of nitrogens with zero attached hydrogens (tertiary/aromatic N) is 2. The Morgan fingerprint density at radius 2 is 1.83 bits per heavy atom. The smallest absolute Gasteiger partial charge is 0.359 e. The van der Waals surface area contributed by atoms with Crippen molar-refractivity contribution in [2.45, 2.75) is 9.79 Å². The first-order valence-electron chi connectivity index (χ1n) is 8.46. The molecule has 3 aromatic rings. The lowest BCUT2D eigenvalue weighted by atomic mass is 10.3. The number of halogens is 1. The van der Waals surface area contributed by atoms with Gasteiger partial charge in [-0.25, -0.2) is 9.48 Å². The lowest BCUT2D eigenvalue weighted by Gasteiger charge is -2.11. The number of benzene rings is 2. The molecule has 1 heterocycles. The van der Waals surface area contributed by atoms with Gasteiger partial charge in [-0.1, -0.05) is 35.5 Å². The Bertz CT molecular complexity index is 1100. The minimum atomic E-state index is -0.792. The van der Waals surface area contributed by atoms with Crippen LogP contribution < -0.4 is 10.9 Å². The molecule has 0 saturated heterocycles. The minimum Gasteiger partial charge on any atom is -0.451 e. The van der Waals surface area contributed by atoms with Crippen molar-refractivity contribution in [3.8, 4) is 0 Å². The Morgan fingerprint density at radius 1 is 1.10 bits per heavy atom. The van der Waals surface area contributed by atoms with Crippen molar-refractivity contribution in [1.29, 1.82) is 0 Å². The second-order valence-electron chi connectivity index (χ2n) is 5.86. The highest BCUT2D eigenvalue weighted by Crippen LogP contribution is 2.33. The number of anilines is 1. The molecule has 148 valence electrons. The molecule has 1 N–H and O–H groups in total. The maximum absolute atomic E-state index is 12.2. The Labute approximate surface area is 175 Å². The van der Waals surface area contributed by atoms with Gasteiger partial charge in [0.15, 0.2) is 12.3 Å². The van der Waals surface area contributed by atoms with Crippen LogP contribution in [0.4, 0.5) is 5.69 Å². The summed E-state index contributed by atoms with van der Waals surface area (Å²) >= 11 is 7.37. The summed E-state index contributed by atoms with van der Waals surface area (Å²) in [6.07, 6.45) is 0. The fourth-order valence-electron chi connectivity index (χ4n) is 2.29. The van der Waals surface area contributed by atoms with Gasteiger partial charge in [-0.05, 0) is 42.5 Å². The van der Waals surface area contributed by atoms with Crippen LogP contribution in [0, 0.1) is 0 Å². The topological polar surface area (TPSA) is 90.3 Å². The maximum Gasteiger partial charge on any atom is 0.359 e. The van der Waals surface area contributed by atoms with E-state index >= 15 is 0 Å². The summed E-state index contributed by atoms with van der Waals surface area (Å²) < 4.78 is 5.99. The van der Waals surface area contributed by atoms with Crippen molar-refractivity contribution >= 4 is 40.9 Å². The lowest BCUT2D eigenvalue weighted by Crippen LogP contribution is -2.24. The quantitative estimate of drug-likeness (QED) is 0.604. The van der Waals surface area contributed by atoms with E-state index < -0.39 is 18.5 Å². The van der Waals surface area contributed by atoms with Crippen LogP contribution in [-0.2, 0) is 16.6 Å². The van der Waals surface area contributed by atoms with Crippen LogP contribution in [0.1, 0.15) is 10.5 Å². The van der Waals surface area contributed by atoms with E-state index in [2.05, 4.69) is 10.4 Å². The summed E-state index contributed by atoms with van der Waals surface area (Å²) in [5, 5.41) is 7.16. The Hall–Kier alpha value is -3.10. The van der Waals surface area contributed by atoms with Crippen LogP contribution in [0.2, 0.25) is 5.02 Å². The van der Waals surface area contributed by atoms with Crippen molar-refractivity contribution in [2.24, 2.45) is 7.05 Å². The van der Waals surface area contributed by atoms with Crippen molar-refractivity contribution < 1.29 is 14.3 Å². The molecule has 3 rings (SSSR count). The number of amides is 1. The van der Waals surface area contributed by atoms with E-state index in [1.54, 1.807) is 24.3 Å². The van der Waals surface area contributed by atoms with Gasteiger partial charge in [0.1, 0.15) is 0 Å². The zero-order valence-electron chi connectivity index (χ0n) is 15.3. The van der Waals surface area contributed by atoms with Crippen LogP contribution in [0.5, 0.6) is 0 Å². The summed E-state index contributed by atoms with van der Waals surface area (Å²) in [5.74, 6) is -1.29. The second-order valence-corrected chi connectivity index (χ2v) is 7.41. The first-order chi connectivity index (χ1) is 13.9. The molecule has 0 aliphatic carbocycles. The highest BCUT2D eigenvalue weighted by atomic mass is 35.5. The average Bonchev–Trinajstić information content (AvgIpc) is 2.71. The predicted molar refractivity (Wildman–Crippen MR) is 110 cm³/mol. The van der Waals surface area contributed by atoms with E-state index in [0.717, 1.165) is 14.5 Å². The molecule has 0 saturated carbocycles. The predicted octanol–water partition coefficient (Wildman–Crippen LogP) is 3.38. The molecule has 1 amide bonds. The van der Waals surface area contributed by atoms with Gasteiger partial charge >= 0.3 is 5.97 Å². The second kappa shape index (κ2) is 9.40. The minimum absolute atomic E-state index is 0.0569. The number of hydrogen-bond acceptors (Lipinski definition) is 6. The monoisotopic (exact) mass is 429 g/mol. The molecule has 0 atom stereocenters. The van der Waals surface area contributed by atoms with E-state index in [-0.39, 0.29) is 11.3 Å². The van der Waals surface area contributed by atoms with Crippen molar-refractivity contribution in [2.75, 3.05) is 11.9 Å². The molecule has 0 spiro atoms. The Morgan fingerprint density at radius 3 is 2.55 bits per heavy atom. The standard InChI is InChI=1S/C20H16ClN3O4S/c1-24-19(26)11-10-16(23-24)20(27)28-12-18(25)22-15-4-2-3-5-17(15)29-14-8-6-13(21)7-9-14/h2-11H,12H2,1H3,(H,22,25). The Kier molecular flexibility index (Phi) is 6.69. The number of aromatic nitrogens is 2. The molecule has 0 aliphatic heterocycles. The molecule has 7 nitrogen and oxygen atoms in total. The van der Waals surface area contributed by atoms with Crippen molar-refractivity contribution in [1.82, 2.24) is 9.78 Å². The van der Waals surface area contributed by atoms with Gasteiger partial charge in [0.2, 0.25) is 0 Å². The van der Waals surface area contributed by atoms with Gasteiger partial charge in [0, 0.05) is 27.9 Å². The van der Waals surface area contributed by atoms with Crippen molar-refractivity contribution in [3.05, 3.63) is 81.7 Å². The maximum atomic E-state index is 12.2. The largest absolute Gasteiger partial charge is 0.451 e. The summed E-state index contributed by atoms with van der Waals surface area (Å²) in [6.45, 7) is -0.483. The lowest BCUT2D eigenvalue weighted by molar-refractivity contribution is -0.119. The summed E-state index contributed by atoms with van der Waals surface area (Å²) in [5.41, 5.74) is 0.182. The fraction of sp³-hybridized carbons (Fsp3) is 0.100. The molecular formula is C20H16ClN3O4S. The zero-order valence-corrected chi connectivity index (χ0v) is 16.9. The van der Waals surface area contributed by atoms with E-state index in [9.17, 15) is 14.4 Å². The van der Waals surface area contributed by atoms with E-state index in [1.807, 2.05) is 24.3 Å². The molecular weight excluding hydrogens is 414 g/mol.